The Hall–Kier alpha value is -1.80. The molecule has 0 radical (unpaired) electrons. The molecule has 1 aromatic carbocycles. The third-order valence-corrected chi connectivity index (χ3v) is 5.15. The maximum atomic E-state index is 8.80. The maximum absolute atomic E-state index is 8.80. The fourth-order valence-electron chi connectivity index (χ4n) is 1.68. The van der Waals surface area contributed by atoms with E-state index in [-0.39, 0.29) is 11.1 Å². The van der Waals surface area contributed by atoms with E-state index in [4.69, 9.17) is 10.9 Å². The van der Waals surface area contributed by atoms with Crippen molar-refractivity contribution < 1.29 is 5.21 Å². The van der Waals surface area contributed by atoms with Crippen molar-refractivity contribution >= 4 is 34.1 Å². The second kappa shape index (κ2) is 7.28. The second-order valence-corrected chi connectivity index (χ2v) is 6.96. The first-order chi connectivity index (χ1) is 10.1. The number of thioether (sulfide) groups is 1. The van der Waals surface area contributed by atoms with E-state index in [1.807, 2.05) is 49.3 Å². The highest BCUT2D eigenvalue weighted by Crippen LogP contribution is 2.40. The largest absolute Gasteiger partial charge is 0.409 e. The molecular formula is C13H17N5OS2. The summed E-state index contributed by atoms with van der Waals surface area (Å²) in [6, 6.07) is 9.96. The number of oxime groups is 1. The van der Waals surface area contributed by atoms with E-state index in [9.17, 15) is 0 Å². The molecular weight excluding hydrogens is 306 g/mol. The molecule has 0 spiro atoms. The Balaban J connectivity index is 2.19. The summed E-state index contributed by atoms with van der Waals surface area (Å²) >= 11 is 3.09. The van der Waals surface area contributed by atoms with Crippen molar-refractivity contribution in [3.63, 3.8) is 0 Å². The van der Waals surface area contributed by atoms with Crippen LogP contribution in [0, 0.1) is 0 Å². The molecule has 0 amide bonds. The Morgan fingerprint density at radius 1 is 1.38 bits per heavy atom. The standard InChI is InChI=1S/C13H17N5OS2/c1-18(2)12-15-16-13(21-12)20-10(8-11(14)17-19)9-6-4-3-5-7-9/h3-7,10,19H,8H2,1-2H3,(H2,14,17). The van der Waals surface area contributed by atoms with Gasteiger partial charge in [-0.15, -0.1) is 10.2 Å². The molecule has 6 nitrogen and oxygen atoms in total. The summed E-state index contributed by atoms with van der Waals surface area (Å²) < 4.78 is 0.860. The fourth-order valence-corrected chi connectivity index (χ4v) is 3.82. The van der Waals surface area contributed by atoms with Crippen LogP contribution in [0.5, 0.6) is 0 Å². The first-order valence-corrected chi connectivity index (χ1v) is 7.98. The van der Waals surface area contributed by atoms with E-state index in [2.05, 4.69) is 15.4 Å². The average molecular weight is 323 g/mol. The molecule has 8 heteroatoms. The molecule has 1 unspecified atom stereocenters. The molecule has 0 saturated heterocycles. The predicted octanol–water partition coefficient (Wildman–Crippen LogP) is 2.57. The molecule has 0 aliphatic rings. The first-order valence-electron chi connectivity index (χ1n) is 6.29. The lowest BCUT2D eigenvalue weighted by molar-refractivity contribution is 0.317. The van der Waals surface area contributed by atoms with Crippen LogP contribution in [-0.4, -0.2) is 35.3 Å². The summed E-state index contributed by atoms with van der Waals surface area (Å²) in [6.45, 7) is 0. The third kappa shape index (κ3) is 4.33. The van der Waals surface area contributed by atoms with E-state index in [1.54, 1.807) is 11.8 Å². The quantitative estimate of drug-likeness (QED) is 0.279. The number of anilines is 1. The van der Waals surface area contributed by atoms with Crippen LogP contribution < -0.4 is 10.6 Å². The van der Waals surface area contributed by atoms with Crippen molar-refractivity contribution in [1.29, 1.82) is 0 Å². The number of nitrogens with two attached hydrogens (primary N) is 1. The van der Waals surface area contributed by atoms with Crippen LogP contribution in [0.4, 0.5) is 5.13 Å². The van der Waals surface area contributed by atoms with Crippen molar-refractivity contribution in [3.05, 3.63) is 35.9 Å². The summed E-state index contributed by atoms with van der Waals surface area (Å²) in [4.78, 5) is 1.92. The van der Waals surface area contributed by atoms with Crippen LogP contribution in [0.25, 0.3) is 0 Å². The van der Waals surface area contributed by atoms with Crippen LogP contribution >= 0.6 is 23.1 Å². The molecule has 2 rings (SSSR count). The highest BCUT2D eigenvalue weighted by Gasteiger charge is 2.18. The smallest absolute Gasteiger partial charge is 0.208 e. The molecule has 112 valence electrons. The molecule has 0 aliphatic carbocycles. The number of aromatic nitrogens is 2. The number of hydrogen-bond donors (Lipinski definition) is 2. The average Bonchev–Trinajstić information content (AvgIpc) is 2.96. The van der Waals surface area contributed by atoms with Gasteiger partial charge in [0.2, 0.25) is 5.13 Å². The zero-order chi connectivity index (χ0) is 15.2. The second-order valence-electron chi connectivity index (χ2n) is 4.56. The number of benzene rings is 1. The monoisotopic (exact) mass is 323 g/mol. The van der Waals surface area contributed by atoms with Crippen LogP contribution in [0.1, 0.15) is 17.2 Å². The van der Waals surface area contributed by atoms with Gasteiger partial charge in [0.05, 0.1) is 0 Å². The Morgan fingerprint density at radius 3 is 2.67 bits per heavy atom. The van der Waals surface area contributed by atoms with Gasteiger partial charge >= 0.3 is 0 Å². The molecule has 3 N–H and O–H groups in total. The fraction of sp³-hybridized carbons (Fsp3) is 0.308. The van der Waals surface area contributed by atoms with Crippen molar-refractivity contribution in [2.75, 3.05) is 19.0 Å². The normalized spacial score (nSPS) is 13.1. The van der Waals surface area contributed by atoms with Crippen molar-refractivity contribution in [2.24, 2.45) is 10.9 Å². The maximum Gasteiger partial charge on any atom is 0.208 e. The molecule has 1 atom stereocenters. The number of rotatable bonds is 6. The molecule has 21 heavy (non-hydrogen) atoms. The van der Waals surface area contributed by atoms with Gasteiger partial charge in [0.15, 0.2) is 4.34 Å². The summed E-state index contributed by atoms with van der Waals surface area (Å²) in [5, 5.41) is 21.1. The molecule has 0 fully saturated rings. The molecule has 1 aromatic heterocycles. The molecule has 0 bridgehead atoms. The van der Waals surface area contributed by atoms with Crippen molar-refractivity contribution in [3.8, 4) is 0 Å². The zero-order valence-electron chi connectivity index (χ0n) is 11.8. The van der Waals surface area contributed by atoms with Crippen molar-refractivity contribution in [2.45, 2.75) is 16.0 Å². The summed E-state index contributed by atoms with van der Waals surface area (Å²) in [5.41, 5.74) is 6.77. The lowest BCUT2D eigenvalue weighted by Crippen LogP contribution is -2.14. The summed E-state index contributed by atoms with van der Waals surface area (Å²) in [7, 11) is 3.86. The lowest BCUT2D eigenvalue weighted by atomic mass is 10.1. The Bertz CT molecular complexity index is 600. The molecule has 1 heterocycles. The zero-order valence-corrected chi connectivity index (χ0v) is 13.4. The van der Waals surface area contributed by atoms with E-state index in [0.717, 1.165) is 15.0 Å². The van der Waals surface area contributed by atoms with Gasteiger partial charge in [-0.05, 0) is 5.56 Å². The van der Waals surface area contributed by atoms with Gasteiger partial charge in [0.25, 0.3) is 0 Å². The van der Waals surface area contributed by atoms with E-state index >= 15 is 0 Å². The highest BCUT2D eigenvalue weighted by molar-refractivity contribution is 8.01. The topological polar surface area (TPSA) is 87.6 Å². The Morgan fingerprint density at radius 2 is 2.10 bits per heavy atom. The SMILES string of the molecule is CN(C)c1nnc(SC(CC(N)=NO)c2ccccc2)s1. The van der Waals surface area contributed by atoms with E-state index in [0.29, 0.717) is 6.42 Å². The Labute approximate surface area is 131 Å². The Kier molecular flexibility index (Phi) is 5.40. The lowest BCUT2D eigenvalue weighted by Gasteiger charge is -2.14. The summed E-state index contributed by atoms with van der Waals surface area (Å²) in [5.74, 6) is 0.203. The van der Waals surface area contributed by atoms with Gasteiger partial charge in [-0.25, -0.2) is 0 Å². The third-order valence-electron chi connectivity index (χ3n) is 2.72. The predicted molar refractivity (Wildman–Crippen MR) is 87.3 cm³/mol. The van der Waals surface area contributed by atoms with Gasteiger partial charge in [0, 0.05) is 25.8 Å². The molecule has 0 saturated carbocycles. The van der Waals surface area contributed by atoms with Gasteiger partial charge in [-0.2, -0.15) is 0 Å². The number of amidine groups is 1. The van der Waals surface area contributed by atoms with Gasteiger partial charge in [0.1, 0.15) is 5.84 Å². The summed E-state index contributed by atoms with van der Waals surface area (Å²) in [6.07, 6.45) is 0.446. The van der Waals surface area contributed by atoms with E-state index < -0.39 is 0 Å². The minimum atomic E-state index is 0.0325. The minimum absolute atomic E-state index is 0.0325. The minimum Gasteiger partial charge on any atom is -0.409 e. The van der Waals surface area contributed by atoms with Crippen LogP contribution in [0.2, 0.25) is 0 Å². The van der Waals surface area contributed by atoms with Crippen LogP contribution in [0.15, 0.2) is 39.8 Å². The van der Waals surface area contributed by atoms with Gasteiger partial charge < -0.3 is 15.8 Å². The van der Waals surface area contributed by atoms with Gasteiger partial charge in [-0.1, -0.05) is 58.6 Å². The van der Waals surface area contributed by atoms with E-state index in [1.165, 1.54) is 11.3 Å². The van der Waals surface area contributed by atoms with Crippen LogP contribution in [-0.2, 0) is 0 Å². The number of nitrogens with zero attached hydrogens (tertiary/aromatic N) is 4. The first kappa shape index (κ1) is 15.6. The van der Waals surface area contributed by atoms with Gasteiger partial charge in [-0.3, -0.25) is 0 Å². The molecule has 0 aliphatic heterocycles. The van der Waals surface area contributed by atoms with Crippen molar-refractivity contribution in [1.82, 2.24) is 10.2 Å². The van der Waals surface area contributed by atoms with Crippen LogP contribution in [0.3, 0.4) is 0 Å². The molecule has 2 aromatic rings. The number of hydrogen-bond acceptors (Lipinski definition) is 7. The highest BCUT2D eigenvalue weighted by atomic mass is 32.2.